The van der Waals surface area contributed by atoms with Gasteiger partial charge >= 0.3 is 0 Å². The summed E-state index contributed by atoms with van der Waals surface area (Å²) in [5, 5.41) is 1.44. The molecule has 0 bridgehead atoms. The Hall–Kier alpha value is -2.06. The highest BCUT2D eigenvalue weighted by Gasteiger charge is 2.39. The Kier molecular flexibility index (Phi) is 5.59. The number of hydrogen-bond acceptors (Lipinski definition) is 1. The number of hydrogen-bond donors (Lipinski definition) is 1. The van der Waals surface area contributed by atoms with Crippen molar-refractivity contribution in [1.82, 2.24) is 9.88 Å². The minimum Gasteiger partial charge on any atom is -0.358 e. The molecule has 0 atom stereocenters. The summed E-state index contributed by atoms with van der Waals surface area (Å²) in [6, 6.07) is 20.0. The molecule has 0 spiro atoms. The molecule has 4 rings (SSSR count). The number of rotatable bonds is 6. The summed E-state index contributed by atoms with van der Waals surface area (Å²) < 4.78 is 0. The first-order chi connectivity index (χ1) is 13.7. The van der Waals surface area contributed by atoms with Crippen molar-refractivity contribution in [3.63, 3.8) is 0 Å². The molecule has 1 aliphatic carbocycles. The van der Waals surface area contributed by atoms with Gasteiger partial charge < -0.3 is 4.98 Å². The Bertz CT molecular complexity index is 899. The summed E-state index contributed by atoms with van der Waals surface area (Å²) in [7, 11) is 4.51. The molecule has 0 amide bonds. The van der Waals surface area contributed by atoms with Gasteiger partial charge in [0.1, 0.15) is 0 Å². The Labute approximate surface area is 170 Å². The molecule has 148 valence electrons. The van der Waals surface area contributed by atoms with Crippen molar-refractivity contribution < 1.29 is 0 Å². The van der Waals surface area contributed by atoms with E-state index in [0.717, 1.165) is 0 Å². The molecule has 1 heterocycles. The predicted molar refractivity (Wildman–Crippen MR) is 120 cm³/mol. The SMILES string of the molecule is CCCCc1c(C2CCC(c3ccccc3)(N(C)C)CC2)[nH]c2ccccc12. The maximum Gasteiger partial charge on any atom is 0.0459 e. The van der Waals surface area contributed by atoms with E-state index >= 15 is 0 Å². The second-order valence-corrected chi connectivity index (χ2v) is 8.73. The van der Waals surface area contributed by atoms with Crippen LogP contribution >= 0.6 is 0 Å². The standard InChI is InChI=1S/C26H34N2/c1-4-5-13-23-22-14-9-10-15-24(22)27-25(23)20-16-18-26(19-17-20,28(2)3)21-11-7-6-8-12-21/h6-12,14-15,20,27H,4-5,13,16-19H2,1-3H3. The minimum atomic E-state index is 0.174. The number of aromatic nitrogens is 1. The molecule has 1 aromatic heterocycles. The van der Waals surface area contributed by atoms with Crippen molar-refractivity contribution in [2.45, 2.75) is 63.3 Å². The summed E-state index contributed by atoms with van der Waals surface area (Å²) in [6.07, 6.45) is 8.66. The smallest absolute Gasteiger partial charge is 0.0459 e. The molecular formula is C26H34N2. The number of nitrogens with one attached hydrogen (secondary N) is 1. The van der Waals surface area contributed by atoms with Crippen LogP contribution in [0, 0.1) is 0 Å². The summed E-state index contributed by atoms with van der Waals surface area (Å²) in [6.45, 7) is 2.29. The maximum atomic E-state index is 3.83. The fraction of sp³-hybridized carbons (Fsp3) is 0.462. The lowest BCUT2D eigenvalue weighted by Gasteiger charge is -2.45. The van der Waals surface area contributed by atoms with Gasteiger partial charge in [-0.1, -0.05) is 61.9 Å². The van der Waals surface area contributed by atoms with Crippen LogP contribution in [-0.2, 0) is 12.0 Å². The summed E-state index contributed by atoms with van der Waals surface area (Å²) >= 11 is 0. The third-order valence-corrected chi connectivity index (χ3v) is 7.02. The highest BCUT2D eigenvalue weighted by Crippen LogP contribution is 2.47. The molecule has 1 saturated carbocycles. The average molecular weight is 375 g/mol. The third-order valence-electron chi connectivity index (χ3n) is 7.02. The quantitative estimate of drug-likeness (QED) is 0.513. The molecule has 3 aromatic rings. The van der Waals surface area contributed by atoms with Crippen molar-refractivity contribution in [2.75, 3.05) is 14.1 Å². The van der Waals surface area contributed by atoms with Crippen molar-refractivity contribution >= 4 is 10.9 Å². The Morgan fingerprint density at radius 2 is 1.64 bits per heavy atom. The molecule has 1 aliphatic rings. The van der Waals surface area contributed by atoms with Gasteiger partial charge in [0.15, 0.2) is 0 Å². The predicted octanol–water partition coefficient (Wildman–Crippen LogP) is 6.63. The normalized spacial score (nSPS) is 22.8. The number of aromatic amines is 1. The lowest BCUT2D eigenvalue weighted by Crippen LogP contribution is -2.44. The van der Waals surface area contributed by atoms with Crippen molar-refractivity contribution in [3.05, 3.63) is 71.4 Å². The lowest BCUT2D eigenvalue weighted by atomic mass is 9.70. The van der Waals surface area contributed by atoms with Crippen molar-refractivity contribution in [1.29, 1.82) is 0 Å². The van der Waals surface area contributed by atoms with Gasteiger partial charge in [-0.2, -0.15) is 0 Å². The molecule has 2 aromatic carbocycles. The van der Waals surface area contributed by atoms with Crippen molar-refractivity contribution in [3.8, 4) is 0 Å². The van der Waals surface area contributed by atoms with Crippen LogP contribution in [0.25, 0.3) is 10.9 Å². The van der Waals surface area contributed by atoms with Crippen LogP contribution in [0.2, 0.25) is 0 Å². The Balaban J connectivity index is 1.63. The average Bonchev–Trinajstić information content (AvgIpc) is 3.11. The van der Waals surface area contributed by atoms with Crippen molar-refractivity contribution in [2.24, 2.45) is 0 Å². The fourth-order valence-electron chi connectivity index (χ4n) is 5.32. The zero-order valence-electron chi connectivity index (χ0n) is 17.7. The molecule has 28 heavy (non-hydrogen) atoms. The second kappa shape index (κ2) is 8.13. The Morgan fingerprint density at radius 3 is 2.32 bits per heavy atom. The van der Waals surface area contributed by atoms with Crippen LogP contribution in [0.5, 0.6) is 0 Å². The van der Waals surface area contributed by atoms with E-state index in [4.69, 9.17) is 0 Å². The number of fused-ring (bicyclic) bond motifs is 1. The van der Waals surface area contributed by atoms with Crippen LogP contribution in [0.3, 0.4) is 0 Å². The van der Waals surface area contributed by atoms with Crippen LogP contribution in [0.1, 0.15) is 68.2 Å². The van der Waals surface area contributed by atoms with Gasteiger partial charge in [0, 0.05) is 22.1 Å². The molecule has 0 unspecified atom stereocenters. The van der Waals surface area contributed by atoms with E-state index < -0.39 is 0 Å². The largest absolute Gasteiger partial charge is 0.358 e. The molecule has 0 aliphatic heterocycles. The first-order valence-electron chi connectivity index (χ1n) is 11.0. The molecule has 2 heteroatoms. The number of H-pyrrole nitrogens is 1. The van der Waals surface area contributed by atoms with Gasteiger partial charge in [0.2, 0.25) is 0 Å². The minimum absolute atomic E-state index is 0.174. The number of benzene rings is 2. The highest BCUT2D eigenvalue weighted by atomic mass is 15.1. The van der Waals surface area contributed by atoms with E-state index in [1.165, 1.54) is 67.1 Å². The topological polar surface area (TPSA) is 19.0 Å². The van der Waals surface area contributed by atoms with E-state index in [1.807, 2.05) is 0 Å². The lowest BCUT2D eigenvalue weighted by molar-refractivity contribution is 0.0903. The summed E-state index contributed by atoms with van der Waals surface area (Å²) in [5.74, 6) is 0.649. The van der Waals surface area contributed by atoms with E-state index in [2.05, 4.69) is 85.5 Å². The van der Waals surface area contributed by atoms with Gasteiger partial charge in [0.25, 0.3) is 0 Å². The number of aryl methyl sites for hydroxylation is 1. The van der Waals surface area contributed by atoms with E-state index in [0.29, 0.717) is 5.92 Å². The van der Waals surface area contributed by atoms with Crippen LogP contribution in [0.4, 0.5) is 0 Å². The zero-order chi connectivity index (χ0) is 19.6. The number of para-hydroxylation sites is 1. The zero-order valence-corrected chi connectivity index (χ0v) is 17.7. The first kappa shape index (κ1) is 19.3. The van der Waals surface area contributed by atoms with E-state index in [9.17, 15) is 0 Å². The monoisotopic (exact) mass is 374 g/mol. The molecule has 0 radical (unpaired) electrons. The van der Waals surface area contributed by atoms with Gasteiger partial charge in [-0.3, -0.25) is 4.90 Å². The maximum absolute atomic E-state index is 3.83. The molecule has 2 nitrogen and oxygen atoms in total. The number of unbranched alkanes of at least 4 members (excludes halogenated alkanes) is 1. The van der Waals surface area contributed by atoms with Gasteiger partial charge in [-0.05, 0) is 75.7 Å². The summed E-state index contributed by atoms with van der Waals surface area (Å²) in [5.41, 5.74) is 6.07. The summed E-state index contributed by atoms with van der Waals surface area (Å²) in [4.78, 5) is 6.29. The van der Waals surface area contributed by atoms with Crippen LogP contribution in [0.15, 0.2) is 54.6 Å². The fourth-order valence-corrected chi connectivity index (χ4v) is 5.32. The van der Waals surface area contributed by atoms with Crippen LogP contribution in [-0.4, -0.2) is 24.0 Å². The van der Waals surface area contributed by atoms with Crippen LogP contribution < -0.4 is 0 Å². The van der Waals surface area contributed by atoms with Gasteiger partial charge in [-0.25, -0.2) is 0 Å². The molecular weight excluding hydrogens is 340 g/mol. The van der Waals surface area contributed by atoms with Gasteiger partial charge in [-0.15, -0.1) is 0 Å². The molecule has 0 saturated heterocycles. The Morgan fingerprint density at radius 1 is 0.964 bits per heavy atom. The first-order valence-corrected chi connectivity index (χ1v) is 11.0. The molecule has 1 fully saturated rings. The second-order valence-electron chi connectivity index (χ2n) is 8.73. The van der Waals surface area contributed by atoms with E-state index in [1.54, 1.807) is 5.56 Å². The number of nitrogens with zero attached hydrogens (tertiary/aromatic N) is 1. The highest BCUT2D eigenvalue weighted by molar-refractivity contribution is 5.84. The molecule has 1 N–H and O–H groups in total. The van der Waals surface area contributed by atoms with Gasteiger partial charge in [0.05, 0.1) is 0 Å². The van der Waals surface area contributed by atoms with E-state index in [-0.39, 0.29) is 5.54 Å². The third kappa shape index (κ3) is 3.39.